The minimum atomic E-state index is -0.230. The summed E-state index contributed by atoms with van der Waals surface area (Å²) in [5.74, 6) is 0.552. The lowest BCUT2D eigenvalue weighted by Crippen LogP contribution is -2.11. The molecule has 0 saturated heterocycles. The molecule has 1 N–H and O–H groups in total. The molecule has 1 aromatic heterocycles. The van der Waals surface area contributed by atoms with Gasteiger partial charge in [0.2, 0.25) is 0 Å². The van der Waals surface area contributed by atoms with Crippen LogP contribution in [0.4, 0.5) is 4.39 Å². The summed E-state index contributed by atoms with van der Waals surface area (Å²) in [6, 6.07) is 6.32. The summed E-state index contributed by atoms with van der Waals surface area (Å²) in [4.78, 5) is 7.56. The second-order valence-corrected chi connectivity index (χ2v) is 4.90. The van der Waals surface area contributed by atoms with Crippen molar-refractivity contribution in [3.05, 3.63) is 42.0 Å². The zero-order valence-corrected chi connectivity index (χ0v) is 9.71. The van der Waals surface area contributed by atoms with Crippen LogP contribution in [0.3, 0.4) is 0 Å². The van der Waals surface area contributed by atoms with Gasteiger partial charge in [0.15, 0.2) is 0 Å². The first kappa shape index (κ1) is 10.9. The van der Waals surface area contributed by atoms with Gasteiger partial charge < -0.3 is 4.98 Å². The summed E-state index contributed by atoms with van der Waals surface area (Å²) in [6.45, 7) is 6.36. The van der Waals surface area contributed by atoms with Crippen molar-refractivity contribution < 1.29 is 4.39 Å². The van der Waals surface area contributed by atoms with E-state index in [2.05, 4.69) is 30.7 Å². The number of halogens is 1. The molecule has 84 valence electrons. The second kappa shape index (κ2) is 3.74. The van der Waals surface area contributed by atoms with E-state index in [1.54, 1.807) is 12.1 Å². The molecule has 1 aromatic carbocycles. The van der Waals surface area contributed by atoms with Crippen molar-refractivity contribution in [1.29, 1.82) is 0 Å². The monoisotopic (exact) mass is 218 g/mol. The first-order valence-electron chi connectivity index (χ1n) is 5.28. The zero-order valence-electron chi connectivity index (χ0n) is 9.71. The zero-order chi connectivity index (χ0) is 11.8. The summed E-state index contributed by atoms with van der Waals surface area (Å²) in [7, 11) is 0. The number of nitrogens with zero attached hydrogens (tertiary/aromatic N) is 1. The van der Waals surface area contributed by atoms with Crippen LogP contribution in [-0.2, 0) is 5.41 Å². The highest BCUT2D eigenvalue weighted by Crippen LogP contribution is 2.23. The maximum Gasteiger partial charge on any atom is 0.137 e. The van der Waals surface area contributed by atoms with Gasteiger partial charge >= 0.3 is 0 Å². The molecule has 0 unspecified atom stereocenters. The molecule has 0 spiro atoms. The number of H-pyrrole nitrogens is 1. The molecule has 0 fully saturated rings. The Morgan fingerprint density at radius 1 is 1.12 bits per heavy atom. The van der Waals surface area contributed by atoms with Crippen molar-refractivity contribution >= 4 is 0 Å². The highest BCUT2D eigenvalue weighted by Gasteiger charge is 2.16. The molecular formula is C13H15FN2. The van der Waals surface area contributed by atoms with Crippen LogP contribution < -0.4 is 0 Å². The standard InChI is InChI=1S/C13H15FN2/c1-13(2,3)11-8-15-12(16-11)9-4-6-10(14)7-5-9/h4-8H,1-3H3,(H,15,16). The molecule has 3 heteroatoms. The largest absolute Gasteiger partial charge is 0.341 e. The smallest absolute Gasteiger partial charge is 0.137 e. The molecule has 0 radical (unpaired) electrons. The molecule has 0 aliphatic rings. The van der Waals surface area contributed by atoms with E-state index in [1.165, 1.54) is 12.1 Å². The number of hydrogen-bond donors (Lipinski definition) is 1. The van der Waals surface area contributed by atoms with Crippen LogP contribution in [0.5, 0.6) is 0 Å². The molecule has 0 saturated carbocycles. The van der Waals surface area contributed by atoms with Gasteiger partial charge in [-0.15, -0.1) is 0 Å². The van der Waals surface area contributed by atoms with Gasteiger partial charge in [0.05, 0.1) is 0 Å². The maximum absolute atomic E-state index is 12.8. The Morgan fingerprint density at radius 2 is 1.75 bits per heavy atom. The van der Waals surface area contributed by atoms with E-state index in [-0.39, 0.29) is 11.2 Å². The maximum atomic E-state index is 12.8. The Morgan fingerprint density at radius 3 is 2.25 bits per heavy atom. The van der Waals surface area contributed by atoms with Crippen LogP contribution >= 0.6 is 0 Å². The Kier molecular flexibility index (Phi) is 2.54. The average molecular weight is 218 g/mol. The molecule has 1 heterocycles. The van der Waals surface area contributed by atoms with E-state index in [0.29, 0.717) is 0 Å². The molecule has 16 heavy (non-hydrogen) atoms. The molecule has 0 amide bonds. The second-order valence-electron chi connectivity index (χ2n) is 4.90. The Bertz CT molecular complexity index is 477. The van der Waals surface area contributed by atoms with Gasteiger partial charge in [-0.2, -0.15) is 0 Å². The Balaban J connectivity index is 2.35. The summed E-state index contributed by atoms with van der Waals surface area (Å²) < 4.78 is 12.8. The SMILES string of the molecule is CC(C)(C)c1cnc(-c2ccc(F)cc2)[nH]1. The predicted molar refractivity (Wildman–Crippen MR) is 62.7 cm³/mol. The quantitative estimate of drug-likeness (QED) is 0.779. The van der Waals surface area contributed by atoms with E-state index in [1.807, 2.05) is 6.20 Å². The number of aromatic nitrogens is 2. The number of hydrogen-bond acceptors (Lipinski definition) is 1. The van der Waals surface area contributed by atoms with Crippen molar-refractivity contribution in [2.45, 2.75) is 26.2 Å². The van der Waals surface area contributed by atoms with E-state index in [0.717, 1.165) is 17.1 Å². The third kappa shape index (κ3) is 2.13. The molecule has 0 atom stereocenters. The number of aromatic amines is 1. The van der Waals surface area contributed by atoms with E-state index >= 15 is 0 Å². The summed E-state index contributed by atoms with van der Waals surface area (Å²) in [5.41, 5.74) is 2.02. The van der Waals surface area contributed by atoms with Crippen molar-refractivity contribution in [1.82, 2.24) is 9.97 Å². The van der Waals surface area contributed by atoms with Crippen molar-refractivity contribution in [2.75, 3.05) is 0 Å². The van der Waals surface area contributed by atoms with Crippen LogP contribution in [0, 0.1) is 5.82 Å². The van der Waals surface area contributed by atoms with Gasteiger partial charge in [-0.05, 0) is 24.3 Å². The molecule has 2 rings (SSSR count). The highest BCUT2D eigenvalue weighted by molar-refractivity contribution is 5.55. The van der Waals surface area contributed by atoms with Crippen LogP contribution in [0.2, 0.25) is 0 Å². The van der Waals surface area contributed by atoms with Crippen molar-refractivity contribution in [3.63, 3.8) is 0 Å². The summed E-state index contributed by atoms with van der Waals surface area (Å²) >= 11 is 0. The lowest BCUT2D eigenvalue weighted by atomic mass is 9.93. The molecule has 2 aromatic rings. The lowest BCUT2D eigenvalue weighted by molar-refractivity contribution is 0.573. The number of rotatable bonds is 1. The fourth-order valence-electron chi connectivity index (χ4n) is 1.46. The van der Waals surface area contributed by atoms with E-state index in [4.69, 9.17) is 0 Å². The molecule has 0 bridgehead atoms. The Hall–Kier alpha value is -1.64. The Labute approximate surface area is 94.5 Å². The van der Waals surface area contributed by atoms with Gasteiger partial charge in [-0.25, -0.2) is 9.37 Å². The third-order valence-electron chi connectivity index (χ3n) is 2.50. The molecule has 0 aliphatic carbocycles. The van der Waals surface area contributed by atoms with Crippen molar-refractivity contribution in [3.8, 4) is 11.4 Å². The molecular weight excluding hydrogens is 203 g/mol. The van der Waals surface area contributed by atoms with Gasteiger partial charge in [-0.1, -0.05) is 20.8 Å². The predicted octanol–water partition coefficient (Wildman–Crippen LogP) is 3.51. The molecule has 2 nitrogen and oxygen atoms in total. The number of benzene rings is 1. The normalized spacial score (nSPS) is 11.8. The van der Waals surface area contributed by atoms with Crippen molar-refractivity contribution in [2.24, 2.45) is 0 Å². The fourth-order valence-corrected chi connectivity index (χ4v) is 1.46. The summed E-state index contributed by atoms with van der Waals surface area (Å²) in [5, 5.41) is 0. The van der Waals surface area contributed by atoms with Crippen LogP contribution in [-0.4, -0.2) is 9.97 Å². The first-order valence-corrected chi connectivity index (χ1v) is 5.28. The van der Waals surface area contributed by atoms with Gasteiger partial charge in [-0.3, -0.25) is 0 Å². The third-order valence-corrected chi connectivity index (χ3v) is 2.50. The van der Waals surface area contributed by atoms with E-state index < -0.39 is 0 Å². The minimum absolute atomic E-state index is 0.0469. The number of nitrogens with one attached hydrogen (secondary N) is 1. The minimum Gasteiger partial charge on any atom is -0.341 e. The molecule has 0 aliphatic heterocycles. The first-order chi connectivity index (χ1) is 7.47. The fraction of sp³-hybridized carbons (Fsp3) is 0.308. The van der Waals surface area contributed by atoms with E-state index in [9.17, 15) is 4.39 Å². The van der Waals surface area contributed by atoms with Gasteiger partial charge in [0, 0.05) is 22.9 Å². The number of imidazole rings is 1. The van der Waals surface area contributed by atoms with Crippen LogP contribution in [0.25, 0.3) is 11.4 Å². The summed E-state index contributed by atoms with van der Waals surface area (Å²) in [6.07, 6.45) is 1.83. The topological polar surface area (TPSA) is 28.7 Å². The van der Waals surface area contributed by atoms with Crippen LogP contribution in [0.1, 0.15) is 26.5 Å². The van der Waals surface area contributed by atoms with Crippen LogP contribution in [0.15, 0.2) is 30.5 Å². The van der Waals surface area contributed by atoms with Gasteiger partial charge in [0.1, 0.15) is 11.6 Å². The average Bonchev–Trinajstić information content (AvgIpc) is 2.67. The highest BCUT2D eigenvalue weighted by atomic mass is 19.1. The lowest BCUT2D eigenvalue weighted by Gasteiger charge is -2.15. The van der Waals surface area contributed by atoms with Gasteiger partial charge in [0.25, 0.3) is 0 Å².